The van der Waals surface area contributed by atoms with Gasteiger partial charge in [0.25, 0.3) is 0 Å². The van der Waals surface area contributed by atoms with Crippen molar-refractivity contribution in [1.82, 2.24) is 4.90 Å². The van der Waals surface area contributed by atoms with Gasteiger partial charge in [0.15, 0.2) is 0 Å². The second-order valence-electron chi connectivity index (χ2n) is 3.32. The Labute approximate surface area is 77.4 Å². The summed E-state index contributed by atoms with van der Waals surface area (Å²) >= 11 is 0. The normalized spacial score (nSPS) is 19.4. The van der Waals surface area contributed by atoms with Gasteiger partial charge in [0.2, 0.25) is 0 Å². The van der Waals surface area contributed by atoms with Crippen molar-refractivity contribution in [2.45, 2.75) is 19.3 Å². The molecule has 1 heterocycles. The minimum Gasteiger partial charge on any atom is -0.306 e. The van der Waals surface area contributed by atoms with E-state index in [0.29, 0.717) is 0 Å². The molecule has 0 spiro atoms. The molecular formula is C10H18NSi. The van der Waals surface area contributed by atoms with Crippen LogP contribution in [0.3, 0.4) is 0 Å². The summed E-state index contributed by atoms with van der Waals surface area (Å²) in [6.07, 6.45) is 5.39. The van der Waals surface area contributed by atoms with Crippen molar-refractivity contribution in [2.24, 2.45) is 0 Å². The van der Waals surface area contributed by atoms with Crippen molar-refractivity contribution in [3.8, 4) is 0 Å². The van der Waals surface area contributed by atoms with E-state index in [0.717, 1.165) is 0 Å². The second-order valence-corrected chi connectivity index (χ2v) is 5.60. The first-order chi connectivity index (χ1) is 5.86. The van der Waals surface area contributed by atoms with Crippen LogP contribution in [0, 0.1) is 0 Å². The molecule has 0 bridgehead atoms. The molecule has 1 saturated heterocycles. The molecule has 0 aromatic carbocycles. The predicted molar refractivity (Wildman–Crippen MR) is 56.4 cm³/mol. The molecule has 1 fully saturated rings. The van der Waals surface area contributed by atoms with Crippen LogP contribution in [0.15, 0.2) is 24.6 Å². The Morgan fingerprint density at radius 3 is 2.17 bits per heavy atom. The Kier molecular flexibility index (Phi) is 4.33. The Morgan fingerprint density at radius 2 is 1.67 bits per heavy atom. The lowest BCUT2D eigenvalue weighted by molar-refractivity contribution is 0.261. The molecule has 1 nitrogen and oxygen atoms in total. The van der Waals surface area contributed by atoms with Gasteiger partial charge in [-0.05, 0) is 32.1 Å². The summed E-state index contributed by atoms with van der Waals surface area (Å²) in [6, 6.07) is 0. The van der Waals surface area contributed by atoms with Gasteiger partial charge in [-0.3, -0.25) is 0 Å². The van der Waals surface area contributed by atoms with Crippen molar-refractivity contribution in [3.63, 3.8) is 0 Å². The standard InChI is InChI=1S/C10H18NSi/c1-3-12(4-2)10-11-8-6-5-7-9-11/h3-4H,1-2,5-10H2. The van der Waals surface area contributed by atoms with Crippen LogP contribution < -0.4 is 0 Å². The maximum absolute atomic E-state index is 3.84. The van der Waals surface area contributed by atoms with Gasteiger partial charge in [0.1, 0.15) is 8.80 Å². The minimum absolute atomic E-state index is 0.469. The van der Waals surface area contributed by atoms with Crippen LogP contribution >= 0.6 is 0 Å². The highest BCUT2D eigenvalue weighted by Crippen LogP contribution is 2.08. The molecule has 1 aliphatic rings. The maximum atomic E-state index is 3.84. The third-order valence-corrected chi connectivity index (χ3v) is 4.24. The molecule has 1 radical (unpaired) electrons. The van der Waals surface area contributed by atoms with Crippen LogP contribution in [0.1, 0.15) is 19.3 Å². The molecule has 0 unspecified atom stereocenters. The van der Waals surface area contributed by atoms with Gasteiger partial charge in [-0.15, -0.1) is 13.2 Å². The van der Waals surface area contributed by atoms with Crippen LogP contribution in [0.2, 0.25) is 0 Å². The topological polar surface area (TPSA) is 3.24 Å². The van der Waals surface area contributed by atoms with E-state index in [9.17, 15) is 0 Å². The molecule has 12 heavy (non-hydrogen) atoms. The molecule has 67 valence electrons. The number of rotatable bonds is 4. The Morgan fingerprint density at radius 1 is 1.08 bits per heavy atom. The molecule has 0 aromatic heterocycles. The number of hydrogen-bond acceptors (Lipinski definition) is 1. The summed E-state index contributed by atoms with van der Waals surface area (Å²) in [5, 5.41) is 0. The third kappa shape index (κ3) is 2.95. The lowest BCUT2D eigenvalue weighted by atomic mass is 10.1. The summed E-state index contributed by atoms with van der Waals surface area (Å²) in [5.41, 5.74) is 4.18. The minimum atomic E-state index is -0.469. The SMILES string of the molecule is C=C[Si](C=C)CN1CCCCC1. The molecule has 1 rings (SSSR count). The van der Waals surface area contributed by atoms with Crippen molar-refractivity contribution >= 4 is 8.80 Å². The van der Waals surface area contributed by atoms with Crippen LogP contribution in [0.4, 0.5) is 0 Å². The lowest BCUT2D eigenvalue weighted by Crippen LogP contribution is -2.37. The molecule has 0 atom stereocenters. The number of likely N-dealkylation sites (tertiary alicyclic amines) is 1. The summed E-state index contributed by atoms with van der Waals surface area (Å²) in [7, 11) is -0.469. The van der Waals surface area contributed by atoms with E-state index in [1.54, 1.807) is 0 Å². The fourth-order valence-electron chi connectivity index (χ4n) is 1.59. The number of hydrogen-bond donors (Lipinski definition) is 0. The van der Waals surface area contributed by atoms with E-state index < -0.39 is 8.80 Å². The largest absolute Gasteiger partial charge is 0.306 e. The fraction of sp³-hybridized carbons (Fsp3) is 0.600. The zero-order valence-corrected chi connectivity index (χ0v) is 8.76. The first-order valence-corrected chi connectivity index (χ1v) is 6.56. The quantitative estimate of drug-likeness (QED) is 0.598. The molecule has 1 aliphatic heterocycles. The molecule has 0 amide bonds. The molecule has 0 aromatic rings. The lowest BCUT2D eigenvalue weighted by Gasteiger charge is -2.27. The zero-order valence-electron chi connectivity index (χ0n) is 7.76. The van der Waals surface area contributed by atoms with Gasteiger partial charge < -0.3 is 4.90 Å². The van der Waals surface area contributed by atoms with Crippen LogP contribution in [0.25, 0.3) is 0 Å². The molecule has 0 aliphatic carbocycles. The second kappa shape index (κ2) is 5.33. The summed E-state index contributed by atoms with van der Waals surface area (Å²) in [5.74, 6) is 0. The summed E-state index contributed by atoms with van der Waals surface area (Å²) in [4.78, 5) is 2.56. The van der Waals surface area contributed by atoms with Gasteiger partial charge in [-0.25, -0.2) is 0 Å². The van der Waals surface area contributed by atoms with Gasteiger partial charge in [0.05, 0.1) is 0 Å². The van der Waals surface area contributed by atoms with Gasteiger partial charge in [0, 0.05) is 0 Å². The number of nitrogens with zero attached hydrogens (tertiary/aromatic N) is 1. The highest BCUT2D eigenvalue weighted by molar-refractivity contribution is 6.69. The molecule has 2 heteroatoms. The Balaban J connectivity index is 2.27. The monoisotopic (exact) mass is 180 g/mol. The van der Waals surface area contributed by atoms with E-state index in [-0.39, 0.29) is 0 Å². The van der Waals surface area contributed by atoms with Crippen LogP contribution in [0.5, 0.6) is 0 Å². The highest BCUT2D eigenvalue weighted by atomic mass is 28.3. The summed E-state index contributed by atoms with van der Waals surface area (Å²) in [6.45, 7) is 10.3. The first kappa shape index (κ1) is 9.74. The molecular weight excluding hydrogens is 162 g/mol. The van der Waals surface area contributed by atoms with Crippen molar-refractivity contribution in [2.75, 3.05) is 19.3 Å². The predicted octanol–water partition coefficient (Wildman–Crippen LogP) is 1.96. The fourth-order valence-corrected chi connectivity index (χ4v) is 2.85. The van der Waals surface area contributed by atoms with Crippen LogP contribution in [-0.2, 0) is 0 Å². The third-order valence-electron chi connectivity index (χ3n) is 2.38. The van der Waals surface area contributed by atoms with E-state index >= 15 is 0 Å². The van der Waals surface area contributed by atoms with Crippen molar-refractivity contribution < 1.29 is 0 Å². The Hall–Kier alpha value is -0.343. The molecule has 0 N–H and O–H groups in total. The summed E-state index contributed by atoms with van der Waals surface area (Å²) < 4.78 is 0. The van der Waals surface area contributed by atoms with E-state index in [4.69, 9.17) is 0 Å². The van der Waals surface area contributed by atoms with Gasteiger partial charge >= 0.3 is 0 Å². The first-order valence-electron chi connectivity index (χ1n) is 4.70. The average molecular weight is 180 g/mol. The van der Waals surface area contributed by atoms with Crippen LogP contribution in [-0.4, -0.2) is 33.0 Å². The zero-order chi connectivity index (χ0) is 8.81. The van der Waals surface area contributed by atoms with E-state index in [2.05, 4.69) is 29.5 Å². The van der Waals surface area contributed by atoms with Gasteiger partial charge in [-0.2, -0.15) is 0 Å². The van der Waals surface area contributed by atoms with Gasteiger partial charge in [-0.1, -0.05) is 17.8 Å². The average Bonchev–Trinajstić information content (AvgIpc) is 2.16. The van der Waals surface area contributed by atoms with Crippen molar-refractivity contribution in [3.05, 3.63) is 24.6 Å². The molecule has 0 saturated carbocycles. The Bertz CT molecular complexity index is 142. The maximum Gasteiger partial charge on any atom is 0.117 e. The van der Waals surface area contributed by atoms with Crippen molar-refractivity contribution in [1.29, 1.82) is 0 Å². The number of piperidine rings is 1. The smallest absolute Gasteiger partial charge is 0.117 e. The van der Waals surface area contributed by atoms with E-state index in [1.807, 2.05) is 0 Å². The van der Waals surface area contributed by atoms with E-state index in [1.165, 1.54) is 38.5 Å². The highest BCUT2D eigenvalue weighted by Gasteiger charge is 2.12.